The second kappa shape index (κ2) is 9.83. The lowest BCUT2D eigenvalue weighted by Crippen LogP contribution is -2.32. The fourth-order valence-corrected chi connectivity index (χ4v) is 5.31. The van der Waals surface area contributed by atoms with Gasteiger partial charge in [0.15, 0.2) is 0 Å². The molecule has 0 bridgehead atoms. The molecule has 1 aliphatic carbocycles. The summed E-state index contributed by atoms with van der Waals surface area (Å²) >= 11 is 1.59. The summed E-state index contributed by atoms with van der Waals surface area (Å²) in [5, 5.41) is 8.78. The lowest BCUT2D eigenvalue weighted by molar-refractivity contribution is -0.146. The molecule has 1 aliphatic heterocycles. The molecule has 5 rings (SSSR count). The Bertz CT molecular complexity index is 1140. The molecule has 170 valence electrons. The third-order valence-corrected chi connectivity index (χ3v) is 7.11. The van der Waals surface area contributed by atoms with Gasteiger partial charge in [-0.15, -0.1) is 5.10 Å². The smallest absolute Gasteiger partial charge is 0.338 e. The number of carbonyl (C=O) groups excluding carboxylic acids is 1. The van der Waals surface area contributed by atoms with Crippen molar-refractivity contribution in [3.8, 4) is 0 Å². The number of benzene rings is 2. The van der Waals surface area contributed by atoms with Gasteiger partial charge < -0.3 is 10.1 Å². The molecule has 1 fully saturated rings. The molecular weight excluding hydrogens is 432 g/mol. The molecule has 6 nitrogen and oxygen atoms in total. The minimum absolute atomic E-state index is 0.00268. The van der Waals surface area contributed by atoms with Crippen molar-refractivity contribution in [1.29, 1.82) is 0 Å². The van der Waals surface area contributed by atoms with Crippen LogP contribution >= 0.6 is 11.8 Å². The summed E-state index contributed by atoms with van der Waals surface area (Å²) < 4.78 is 7.80. The van der Waals surface area contributed by atoms with Gasteiger partial charge in [-0.1, -0.05) is 78.8 Å². The lowest BCUT2D eigenvalue weighted by atomic mass is 9.95. The van der Waals surface area contributed by atoms with Crippen LogP contribution in [0.4, 0.5) is 5.95 Å². The van der Waals surface area contributed by atoms with Crippen LogP contribution in [-0.2, 0) is 15.3 Å². The van der Waals surface area contributed by atoms with Crippen LogP contribution in [0.3, 0.4) is 0 Å². The SMILES string of the molecule is CC1=C(C(=O)OC2CCCCC2)C(c2ccccc2)n2nc(SCc3ccccc3)nc2N1. The molecule has 1 unspecified atom stereocenters. The minimum Gasteiger partial charge on any atom is -0.459 e. The highest BCUT2D eigenvalue weighted by atomic mass is 32.2. The summed E-state index contributed by atoms with van der Waals surface area (Å²) in [4.78, 5) is 18.1. The maximum Gasteiger partial charge on any atom is 0.338 e. The maximum absolute atomic E-state index is 13.4. The Balaban J connectivity index is 1.44. The summed E-state index contributed by atoms with van der Waals surface area (Å²) in [6.45, 7) is 1.92. The van der Waals surface area contributed by atoms with E-state index in [2.05, 4.69) is 17.4 Å². The van der Waals surface area contributed by atoms with Crippen molar-refractivity contribution < 1.29 is 9.53 Å². The highest BCUT2D eigenvalue weighted by molar-refractivity contribution is 7.98. The molecule has 1 saturated carbocycles. The Morgan fingerprint density at radius 2 is 1.76 bits per heavy atom. The summed E-state index contributed by atoms with van der Waals surface area (Å²) in [6, 6.07) is 19.9. The molecule has 2 heterocycles. The van der Waals surface area contributed by atoms with Crippen molar-refractivity contribution in [3.63, 3.8) is 0 Å². The first-order chi connectivity index (χ1) is 16.2. The highest BCUT2D eigenvalue weighted by Crippen LogP contribution is 2.37. The molecule has 2 aliphatic rings. The van der Waals surface area contributed by atoms with Crippen LogP contribution in [0.2, 0.25) is 0 Å². The second-order valence-corrected chi connectivity index (χ2v) is 9.52. The van der Waals surface area contributed by atoms with E-state index in [9.17, 15) is 4.79 Å². The molecule has 7 heteroatoms. The van der Waals surface area contributed by atoms with Crippen LogP contribution in [0.5, 0.6) is 0 Å². The zero-order valence-electron chi connectivity index (χ0n) is 18.7. The van der Waals surface area contributed by atoms with Crippen molar-refractivity contribution in [2.45, 2.75) is 62.1 Å². The Morgan fingerprint density at radius 3 is 2.48 bits per heavy atom. The zero-order chi connectivity index (χ0) is 22.6. The van der Waals surface area contributed by atoms with Gasteiger partial charge in [-0.3, -0.25) is 0 Å². The lowest BCUT2D eigenvalue weighted by Gasteiger charge is -2.30. The normalized spacial score (nSPS) is 18.5. The van der Waals surface area contributed by atoms with E-state index in [1.54, 1.807) is 11.8 Å². The number of aromatic nitrogens is 3. The predicted octanol–water partition coefficient (Wildman–Crippen LogP) is 5.74. The van der Waals surface area contributed by atoms with Crippen LogP contribution in [0.15, 0.2) is 77.1 Å². The average Bonchev–Trinajstić information content (AvgIpc) is 3.26. The minimum atomic E-state index is -0.378. The Kier molecular flexibility index (Phi) is 6.48. The number of esters is 1. The number of allylic oxidation sites excluding steroid dienone is 1. The Hall–Kier alpha value is -3.06. The number of rotatable bonds is 6. The first kappa shape index (κ1) is 21.8. The van der Waals surface area contributed by atoms with Gasteiger partial charge in [0.05, 0.1) is 5.57 Å². The standard InChI is InChI=1S/C26H28N4O2S/c1-18-22(24(31)32-21-15-9-4-10-16-21)23(20-13-7-3-8-14-20)30-25(27-18)28-26(29-30)33-17-19-11-5-2-6-12-19/h2-3,5-8,11-14,21,23H,4,9-10,15-17H2,1H3,(H,27,28,29). The van der Waals surface area contributed by atoms with E-state index in [1.165, 1.54) is 12.0 Å². The van der Waals surface area contributed by atoms with Gasteiger partial charge >= 0.3 is 5.97 Å². The van der Waals surface area contributed by atoms with Gasteiger partial charge in [0.25, 0.3) is 0 Å². The number of hydrogen-bond acceptors (Lipinski definition) is 6. The number of anilines is 1. The summed E-state index contributed by atoms with van der Waals surface area (Å²) in [7, 11) is 0. The van der Waals surface area contributed by atoms with E-state index in [0.717, 1.165) is 42.7 Å². The van der Waals surface area contributed by atoms with Gasteiger partial charge in [0.2, 0.25) is 11.1 Å². The topological polar surface area (TPSA) is 69.0 Å². The predicted molar refractivity (Wildman–Crippen MR) is 130 cm³/mol. The third-order valence-electron chi connectivity index (χ3n) is 6.21. The van der Waals surface area contributed by atoms with E-state index in [4.69, 9.17) is 14.8 Å². The quantitative estimate of drug-likeness (QED) is 0.374. The summed E-state index contributed by atoms with van der Waals surface area (Å²) in [5.74, 6) is 1.16. The fraction of sp³-hybridized carbons (Fsp3) is 0.346. The highest BCUT2D eigenvalue weighted by Gasteiger charge is 2.36. The number of carbonyl (C=O) groups is 1. The molecule has 33 heavy (non-hydrogen) atoms. The molecule has 0 spiro atoms. The second-order valence-electron chi connectivity index (χ2n) is 8.58. The van der Waals surface area contributed by atoms with Crippen molar-refractivity contribution in [2.75, 3.05) is 5.32 Å². The van der Waals surface area contributed by atoms with E-state index in [0.29, 0.717) is 16.7 Å². The molecule has 1 aromatic heterocycles. The van der Waals surface area contributed by atoms with Crippen LogP contribution < -0.4 is 5.32 Å². The average molecular weight is 461 g/mol. The summed E-state index contributed by atoms with van der Waals surface area (Å²) in [6.07, 6.45) is 5.33. The largest absolute Gasteiger partial charge is 0.459 e. The molecule has 2 aromatic carbocycles. The third kappa shape index (κ3) is 4.83. The molecule has 0 radical (unpaired) electrons. The van der Waals surface area contributed by atoms with Crippen molar-refractivity contribution in [3.05, 3.63) is 83.1 Å². The van der Waals surface area contributed by atoms with E-state index >= 15 is 0 Å². The molecular formula is C26H28N4O2S. The molecule has 0 amide bonds. The number of thioether (sulfide) groups is 1. The molecule has 0 saturated heterocycles. The van der Waals surface area contributed by atoms with Gasteiger partial charge in [0, 0.05) is 11.4 Å². The van der Waals surface area contributed by atoms with E-state index in [-0.39, 0.29) is 18.1 Å². The summed E-state index contributed by atoms with van der Waals surface area (Å²) in [5.41, 5.74) is 3.57. The van der Waals surface area contributed by atoms with Crippen molar-refractivity contribution in [2.24, 2.45) is 0 Å². The number of nitrogens with one attached hydrogen (secondary N) is 1. The molecule has 1 atom stereocenters. The van der Waals surface area contributed by atoms with E-state index in [1.807, 2.05) is 60.1 Å². The van der Waals surface area contributed by atoms with Crippen molar-refractivity contribution >= 4 is 23.7 Å². The van der Waals surface area contributed by atoms with Crippen LogP contribution in [0.1, 0.15) is 56.2 Å². The van der Waals surface area contributed by atoms with Crippen LogP contribution in [0, 0.1) is 0 Å². The van der Waals surface area contributed by atoms with E-state index < -0.39 is 0 Å². The Labute approximate surface area is 198 Å². The van der Waals surface area contributed by atoms with Gasteiger partial charge in [-0.2, -0.15) is 4.98 Å². The number of ether oxygens (including phenoxy) is 1. The van der Waals surface area contributed by atoms with Crippen LogP contribution in [-0.4, -0.2) is 26.8 Å². The number of fused-ring (bicyclic) bond motifs is 1. The first-order valence-corrected chi connectivity index (χ1v) is 12.5. The fourth-order valence-electron chi connectivity index (χ4n) is 4.52. The Morgan fingerprint density at radius 1 is 1.06 bits per heavy atom. The molecule has 3 aromatic rings. The van der Waals surface area contributed by atoms with Crippen molar-refractivity contribution in [1.82, 2.24) is 14.8 Å². The monoisotopic (exact) mass is 460 g/mol. The number of hydrogen-bond donors (Lipinski definition) is 1. The molecule has 1 N–H and O–H groups in total. The maximum atomic E-state index is 13.4. The van der Waals surface area contributed by atoms with Gasteiger partial charge in [0.1, 0.15) is 12.1 Å². The zero-order valence-corrected chi connectivity index (χ0v) is 19.6. The van der Waals surface area contributed by atoms with Gasteiger partial charge in [-0.25, -0.2) is 9.48 Å². The first-order valence-electron chi connectivity index (χ1n) is 11.6. The van der Waals surface area contributed by atoms with Gasteiger partial charge in [-0.05, 0) is 43.7 Å². The number of nitrogens with zero attached hydrogens (tertiary/aromatic N) is 3. The van der Waals surface area contributed by atoms with Crippen LogP contribution in [0.25, 0.3) is 0 Å².